The van der Waals surface area contributed by atoms with Gasteiger partial charge in [0.25, 0.3) is 0 Å². The largest absolute Gasteiger partial charge is 0.369 e. The van der Waals surface area contributed by atoms with Gasteiger partial charge in [-0.25, -0.2) is 0 Å². The smallest absolute Gasteiger partial charge is 0.0426 e. The molecule has 1 fully saturated rings. The molecule has 1 heterocycles. The minimum Gasteiger partial charge on any atom is -0.369 e. The third kappa shape index (κ3) is 2.64. The molecule has 0 saturated carbocycles. The first-order valence-electron chi connectivity index (χ1n) is 5.31. The molecule has 2 rings (SSSR count). The molecule has 0 radical (unpaired) electrons. The van der Waals surface area contributed by atoms with E-state index in [1.165, 1.54) is 16.8 Å². The molecule has 0 atom stereocenters. The van der Waals surface area contributed by atoms with Gasteiger partial charge in [0.05, 0.1) is 0 Å². The zero-order valence-electron chi connectivity index (χ0n) is 9.42. The van der Waals surface area contributed by atoms with Crippen LogP contribution in [0.5, 0.6) is 0 Å². The number of hydrogen-bond donors (Lipinski definition) is 1. The summed E-state index contributed by atoms with van der Waals surface area (Å²) in [5.74, 6) is 0. The van der Waals surface area contributed by atoms with Crippen molar-refractivity contribution in [3.63, 3.8) is 0 Å². The number of anilines is 1. The highest BCUT2D eigenvalue weighted by molar-refractivity contribution is 5.85. The molecule has 84 valence electrons. The Morgan fingerprint density at radius 1 is 1.07 bits per heavy atom. The van der Waals surface area contributed by atoms with Gasteiger partial charge >= 0.3 is 0 Å². The fourth-order valence-electron chi connectivity index (χ4n) is 2.19. The lowest BCUT2D eigenvalue weighted by Gasteiger charge is -2.32. The standard InChI is InChI=1S/C12H18N2.ClH/c1-10-4-3-5-11(2)12(10)14-8-6-13-7-9-14;/h3-5,13H,6-9H2,1-2H3;1H. The van der Waals surface area contributed by atoms with E-state index in [-0.39, 0.29) is 12.4 Å². The van der Waals surface area contributed by atoms with E-state index < -0.39 is 0 Å². The predicted octanol–water partition coefficient (Wildman–Crippen LogP) is 2.13. The molecule has 1 saturated heterocycles. The molecule has 3 heteroatoms. The van der Waals surface area contributed by atoms with Gasteiger partial charge in [-0.15, -0.1) is 12.4 Å². The maximum absolute atomic E-state index is 3.38. The molecule has 15 heavy (non-hydrogen) atoms. The molecule has 1 aromatic rings. The molecule has 0 aliphatic carbocycles. The topological polar surface area (TPSA) is 15.3 Å². The molecule has 2 nitrogen and oxygen atoms in total. The monoisotopic (exact) mass is 226 g/mol. The van der Waals surface area contributed by atoms with Crippen LogP contribution in [0.3, 0.4) is 0 Å². The molecular weight excluding hydrogens is 208 g/mol. The van der Waals surface area contributed by atoms with Crippen molar-refractivity contribution >= 4 is 18.1 Å². The van der Waals surface area contributed by atoms with Crippen molar-refractivity contribution in [1.29, 1.82) is 0 Å². The molecule has 0 amide bonds. The Morgan fingerprint density at radius 3 is 2.13 bits per heavy atom. The second-order valence-corrected chi connectivity index (χ2v) is 3.98. The molecule has 1 aromatic carbocycles. The number of nitrogens with zero attached hydrogens (tertiary/aromatic N) is 1. The Kier molecular flexibility index (Phi) is 4.43. The number of rotatable bonds is 1. The van der Waals surface area contributed by atoms with Gasteiger partial charge in [0.15, 0.2) is 0 Å². The fraction of sp³-hybridized carbons (Fsp3) is 0.500. The summed E-state index contributed by atoms with van der Waals surface area (Å²) in [6.45, 7) is 8.87. The summed E-state index contributed by atoms with van der Waals surface area (Å²) in [7, 11) is 0. The van der Waals surface area contributed by atoms with Crippen LogP contribution in [-0.2, 0) is 0 Å². The van der Waals surface area contributed by atoms with Crippen molar-refractivity contribution in [1.82, 2.24) is 5.32 Å². The van der Waals surface area contributed by atoms with E-state index in [0.29, 0.717) is 0 Å². The summed E-state index contributed by atoms with van der Waals surface area (Å²) in [6, 6.07) is 6.53. The van der Waals surface area contributed by atoms with Gasteiger partial charge in [-0.2, -0.15) is 0 Å². The lowest BCUT2D eigenvalue weighted by atomic mass is 10.1. The zero-order valence-corrected chi connectivity index (χ0v) is 10.2. The van der Waals surface area contributed by atoms with Gasteiger partial charge in [0, 0.05) is 31.9 Å². The van der Waals surface area contributed by atoms with Gasteiger partial charge in [0.2, 0.25) is 0 Å². The molecule has 1 N–H and O–H groups in total. The third-order valence-corrected chi connectivity index (χ3v) is 2.87. The van der Waals surface area contributed by atoms with Crippen LogP contribution in [-0.4, -0.2) is 26.2 Å². The lowest BCUT2D eigenvalue weighted by Crippen LogP contribution is -2.44. The number of benzene rings is 1. The van der Waals surface area contributed by atoms with Crippen molar-refractivity contribution in [3.05, 3.63) is 29.3 Å². The van der Waals surface area contributed by atoms with Crippen molar-refractivity contribution in [2.75, 3.05) is 31.1 Å². The van der Waals surface area contributed by atoms with Crippen LogP contribution in [0, 0.1) is 13.8 Å². The number of halogens is 1. The van der Waals surface area contributed by atoms with Crippen LogP contribution >= 0.6 is 12.4 Å². The van der Waals surface area contributed by atoms with Crippen molar-refractivity contribution in [2.45, 2.75) is 13.8 Å². The summed E-state index contributed by atoms with van der Waals surface area (Å²) in [4.78, 5) is 2.49. The highest BCUT2D eigenvalue weighted by atomic mass is 35.5. The molecule has 0 bridgehead atoms. The molecule has 0 spiro atoms. The first kappa shape index (κ1) is 12.3. The number of aryl methyl sites for hydroxylation is 2. The second-order valence-electron chi connectivity index (χ2n) is 3.98. The minimum atomic E-state index is 0. The van der Waals surface area contributed by atoms with Gasteiger partial charge < -0.3 is 10.2 Å². The van der Waals surface area contributed by atoms with Crippen molar-refractivity contribution in [2.24, 2.45) is 0 Å². The van der Waals surface area contributed by atoms with Crippen molar-refractivity contribution < 1.29 is 0 Å². The van der Waals surface area contributed by atoms with Gasteiger partial charge in [-0.3, -0.25) is 0 Å². The van der Waals surface area contributed by atoms with E-state index in [4.69, 9.17) is 0 Å². The summed E-state index contributed by atoms with van der Waals surface area (Å²) in [5, 5.41) is 3.38. The molecular formula is C12H19ClN2. The van der Waals surface area contributed by atoms with Crippen LogP contribution in [0.25, 0.3) is 0 Å². The summed E-state index contributed by atoms with van der Waals surface area (Å²) in [5.41, 5.74) is 4.23. The summed E-state index contributed by atoms with van der Waals surface area (Å²) in [6.07, 6.45) is 0. The number of hydrogen-bond acceptors (Lipinski definition) is 2. The highest BCUT2D eigenvalue weighted by Crippen LogP contribution is 2.24. The Bertz CT molecular complexity index is 299. The van der Waals surface area contributed by atoms with Crippen LogP contribution < -0.4 is 10.2 Å². The minimum absolute atomic E-state index is 0. The summed E-state index contributed by atoms with van der Waals surface area (Å²) < 4.78 is 0. The Morgan fingerprint density at radius 2 is 1.60 bits per heavy atom. The molecule has 0 unspecified atom stereocenters. The second kappa shape index (κ2) is 5.38. The normalized spacial score (nSPS) is 16.0. The average molecular weight is 227 g/mol. The van der Waals surface area contributed by atoms with Crippen LogP contribution in [0.2, 0.25) is 0 Å². The Balaban J connectivity index is 0.00000112. The maximum atomic E-state index is 3.38. The van der Waals surface area contributed by atoms with E-state index in [9.17, 15) is 0 Å². The highest BCUT2D eigenvalue weighted by Gasteiger charge is 2.13. The number of para-hydroxylation sites is 1. The lowest BCUT2D eigenvalue weighted by molar-refractivity contribution is 0.587. The fourth-order valence-corrected chi connectivity index (χ4v) is 2.19. The van der Waals surface area contributed by atoms with E-state index in [1.807, 2.05) is 0 Å². The van der Waals surface area contributed by atoms with Crippen LogP contribution in [0.4, 0.5) is 5.69 Å². The van der Waals surface area contributed by atoms with Gasteiger partial charge in [-0.1, -0.05) is 18.2 Å². The van der Waals surface area contributed by atoms with E-state index in [1.54, 1.807) is 0 Å². The Labute approximate surface area is 98.1 Å². The molecule has 1 aliphatic heterocycles. The van der Waals surface area contributed by atoms with Gasteiger partial charge in [-0.05, 0) is 25.0 Å². The zero-order chi connectivity index (χ0) is 9.97. The third-order valence-electron chi connectivity index (χ3n) is 2.87. The van der Waals surface area contributed by atoms with Gasteiger partial charge in [0.1, 0.15) is 0 Å². The first-order valence-corrected chi connectivity index (χ1v) is 5.31. The number of piperazine rings is 1. The van der Waals surface area contributed by atoms with E-state index in [2.05, 4.69) is 42.3 Å². The first-order chi connectivity index (χ1) is 6.79. The number of nitrogens with one attached hydrogen (secondary N) is 1. The molecule has 1 aliphatic rings. The molecule has 0 aromatic heterocycles. The van der Waals surface area contributed by atoms with Crippen molar-refractivity contribution in [3.8, 4) is 0 Å². The SMILES string of the molecule is Cc1cccc(C)c1N1CCNCC1.Cl. The summed E-state index contributed by atoms with van der Waals surface area (Å²) >= 11 is 0. The van der Waals surface area contributed by atoms with E-state index in [0.717, 1.165) is 26.2 Å². The average Bonchev–Trinajstić information content (AvgIpc) is 2.19. The Hall–Kier alpha value is -0.730. The van der Waals surface area contributed by atoms with E-state index >= 15 is 0 Å². The predicted molar refractivity (Wildman–Crippen MR) is 68.2 cm³/mol. The van der Waals surface area contributed by atoms with Crippen LogP contribution in [0.1, 0.15) is 11.1 Å². The quantitative estimate of drug-likeness (QED) is 0.790. The maximum Gasteiger partial charge on any atom is 0.0426 e. The van der Waals surface area contributed by atoms with Crippen LogP contribution in [0.15, 0.2) is 18.2 Å².